The van der Waals surface area contributed by atoms with Crippen molar-refractivity contribution in [2.75, 3.05) is 5.75 Å². The Morgan fingerprint density at radius 2 is 1.95 bits per heavy atom. The average Bonchev–Trinajstić information content (AvgIpc) is 2.89. The molecule has 22 heavy (non-hydrogen) atoms. The standard InChI is InChI=1S/C16H20FN3OS/c1-4-9-20-15(11(2)3)18-19-16(20)22-10-14(21)12-5-7-13(17)8-6-12/h5-8,11H,4,9-10H2,1-3H3. The lowest BCUT2D eigenvalue weighted by molar-refractivity contribution is 0.102. The zero-order chi connectivity index (χ0) is 16.1. The maximum atomic E-state index is 12.9. The topological polar surface area (TPSA) is 47.8 Å². The molecule has 4 nitrogen and oxygen atoms in total. The molecule has 0 aliphatic rings. The van der Waals surface area contributed by atoms with Gasteiger partial charge in [0.2, 0.25) is 0 Å². The molecule has 0 N–H and O–H groups in total. The van der Waals surface area contributed by atoms with E-state index in [0.717, 1.165) is 23.9 Å². The molecule has 2 rings (SSSR count). The van der Waals surface area contributed by atoms with Crippen molar-refractivity contribution >= 4 is 17.5 Å². The molecule has 0 aliphatic heterocycles. The van der Waals surface area contributed by atoms with E-state index in [1.54, 1.807) is 0 Å². The van der Waals surface area contributed by atoms with Crippen molar-refractivity contribution in [3.63, 3.8) is 0 Å². The van der Waals surface area contributed by atoms with Gasteiger partial charge in [-0.15, -0.1) is 10.2 Å². The number of rotatable bonds is 7. The number of thioether (sulfide) groups is 1. The summed E-state index contributed by atoms with van der Waals surface area (Å²) in [5.41, 5.74) is 0.513. The molecule has 0 atom stereocenters. The molecule has 1 heterocycles. The van der Waals surface area contributed by atoms with Crippen molar-refractivity contribution in [2.45, 2.75) is 44.8 Å². The van der Waals surface area contributed by atoms with E-state index in [2.05, 4.69) is 35.5 Å². The lowest BCUT2D eigenvalue weighted by atomic mass is 10.1. The van der Waals surface area contributed by atoms with Gasteiger partial charge >= 0.3 is 0 Å². The molecule has 0 bridgehead atoms. The predicted molar refractivity (Wildman–Crippen MR) is 85.9 cm³/mol. The van der Waals surface area contributed by atoms with Crippen LogP contribution in [0.15, 0.2) is 29.4 Å². The Morgan fingerprint density at radius 1 is 1.27 bits per heavy atom. The second kappa shape index (κ2) is 7.54. The summed E-state index contributed by atoms with van der Waals surface area (Å²) in [4.78, 5) is 12.1. The monoisotopic (exact) mass is 321 g/mol. The van der Waals surface area contributed by atoms with Gasteiger partial charge in [0.15, 0.2) is 10.9 Å². The van der Waals surface area contributed by atoms with Crippen molar-refractivity contribution in [3.05, 3.63) is 41.5 Å². The van der Waals surface area contributed by atoms with Gasteiger partial charge in [0, 0.05) is 18.0 Å². The highest BCUT2D eigenvalue weighted by atomic mass is 32.2. The molecular formula is C16H20FN3OS. The van der Waals surface area contributed by atoms with Gasteiger partial charge in [-0.05, 0) is 30.7 Å². The molecule has 0 fully saturated rings. The summed E-state index contributed by atoms with van der Waals surface area (Å²) >= 11 is 1.38. The van der Waals surface area contributed by atoms with E-state index < -0.39 is 0 Å². The summed E-state index contributed by atoms with van der Waals surface area (Å²) in [6, 6.07) is 5.62. The molecule has 118 valence electrons. The lowest BCUT2D eigenvalue weighted by Crippen LogP contribution is -2.08. The summed E-state index contributed by atoms with van der Waals surface area (Å²) in [5.74, 6) is 1.13. The van der Waals surface area contributed by atoms with Gasteiger partial charge in [0.25, 0.3) is 0 Å². The molecule has 6 heteroatoms. The molecule has 0 radical (unpaired) electrons. The van der Waals surface area contributed by atoms with E-state index in [1.165, 1.54) is 36.0 Å². The van der Waals surface area contributed by atoms with Gasteiger partial charge < -0.3 is 4.57 Å². The number of aromatic nitrogens is 3. The van der Waals surface area contributed by atoms with Gasteiger partial charge in [-0.25, -0.2) is 4.39 Å². The average molecular weight is 321 g/mol. The largest absolute Gasteiger partial charge is 0.306 e. The highest BCUT2D eigenvalue weighted by Crippen LogP contribution is 2.22. The molecule has 0 unspecified atom stereocenters. The minimum Gasteiger partial charge on any atom is -0.306 e. The molecule has 0 spiro atoms. The van der Waals surface area contributed by atoms with Crippen LogP contribution in [-0.4, -0.2) is 26.3 Å². The van der Waals surface area contributed by atoms with E-state index in [4.69, 9.17) is 0 Å². The summed E-state index contributed by atoms with van der Waals surface area (Å²) in [6.07, 6.45) is 0.983. The Balaban J connectivity index is 2.07. The minimum absolute atomic E-state index is 0.0397. The maximum absolute atomic E-state index is 12.9. The second-order valence-corrected chi connectivity index (χ2v) is 6.31. The van der Waals surface area contributed by atoms with Crippen molar-refractivity contribution in [1.29, 1.82) is 0 Å². The molecule has 0 saturated heterocycles. The third-order valence-corrected chi connectivity index (χ3v) is 4.17. The van der Waals surface area contributed by atoms with Gasteiger partial charge in [-0.2, -0.15) is 0 Å². The highest BCUT2D eigenvalue weighted by Gasteiger charge is 2.16. The van der Waals surface area contributed by atoms with Crippen LogP contribution in [0.5, 0.6) is 0 Å². The molecule has 0 aliphatic carbocycles. The quantitative estimate of drug-likeness (QED) is 0.573. The van der Waals surface area contributed by atoms with Gasteiger partial charge in [0.05, 0.1) is 5.75 Å². The number of halogens is 1. The Hall–Kier alpha value is -1.69. The van der Waals surface area contributed by atoms with Crippen LogP contribution in [0.4, 0.5) is 4.39 Å². The SMILES string of the molecule is CCCn1c(SCC(=O)c2ccc(F)cc2)nnc1C(C)C. The fourth-order valence-electron chi connectivity index (χ4n) is 2.12. The molecule has 1 aromatic carbocycles. The van der Waals surface area contributed by atoms with Crippen LogP contribution < -0.4 is 0 Å². The highest BCUT2D eigenvalue weighted by molar-refractivity contribution is 7.99. The zero-order valence-electron chi connectivity index (χ0n) is 13.0. The summed E-state index contributed by atoms with van der Waals surface area (Å²) in [5, 5.41) is 9.19. The first-order valence-electron chi connectivity index (χ1n) is 7.37. The molecule has 1 aromatic heterocycles. The predicted octanol–water partition coefficient (Wildman–Crippen LogP) is 3.93. The van der Waals surface area contributed by atoms with Crippen LogP contribution in [0.3, 0.4) is 0 Å². The number of nitrogens with zero attached hydrogens (tertiary/aromatic N) is 3. The van der Waals surface area contributed by atoms with Crippen LogP contribution in [0, 0.1) is 5.82 Å². The number of benzene rings is 1. The Kier molecular flexibility index (Phi) is 5.71. The first-order chi connectivity index (χ1) is 10.5. The number of hydrogen-bond donors (Lipinski definition) is 0. The van der Waals surface area contributed by atoms with Gasteiger partial charge in [0.1, 0.15) is 11.6 Å². The van der Waals surface area contributed by atoms with Crippen molar-refractivity contribution in [3.8, 4) is 0 Å². The van der Waals surface area contributed by atoms with Gasteiger partial charge in [-0.3, -0.25) is 4.79 Å². The number of hydrogen-bond acceptors (Lipinski definition) is 4. The fourth-order valence-corrected chi connectivity index (χ4v) is 2.98. The summed E-state index contributed by atoms with van der Waals surface area (Å²) in [7, 11) is 0. The number of ketones is 1. The second-order valence-electron chi connectivity index (χ2n) is 5.37. The van der Waals surface area contributed by atoms with E-state index in [9.17, 15) is 9.18 Å². The number of carbonyl (C=O) groups is 1. The van der Waals surface area contributed by atoms with Crippen molar-refractivity contribution in [2.24, 2.45) is 0 Å². The smallest absolute Gasteiger partial charge is 0.191 e. The molecule has 0 amide bonds. The third kappa shape index (κ3) is 3.94. The van der Waals surface area contributed by atoms with Crippen LogP contribution in [0.25, 0.3) is 0 Å². The van der Waals surface area contributed by atoms with E-state index in [-0.39, 0.29) is 17.4 Å². The van der Waals surface area contributed by atoms with Crippen LogP contribution in [-0.2, 0) is 6.54 Å². The summed E-state index contributed by atoms with van der Waals surface area (Å²) < 4.78 is 15.0. The summed E-state index contributed by atoms with van der Waals surface area (Å²) in [6.45, 7) is 7.10. The third-order valence-electron chi connectivity index (χ3n) is 3.21. The normalized spacial score (nSPS) is 11.1. The molecular weight excluding hydrogens is 301 g/mol. The van der Waals surface area contributed by atoms with Crippen molar-refractivity contribution < 1.29 is 9.18 Å². The zero-order valence-corrected chi connectivity index (χ0v) is 13.9. The fraction of sp³-hybridized carbons (Fsp3) is 0.438. The first kappa shape index (κ1) is 16.7. The minimum atomic E-state index is -0.339. The van der Waals surface area contributed by atoms with Gasteiger partial charge in [-0.1, -0.05) is 32.5 Å². The van der Waals surface area contributed by atoms with Crippen molar-refractivity contribution in [1.82, 2.24) is 14.8 Å². The first-order valence-corrected chi connectivity index (χ1v) is 8.36. The Morgan fingerprint density at radius 3 is 2.55 bits per heavy atom. The molecule has 0 saturated carbocycles. The Bertz CT molecular complexity index is 637. The van der Waals surface area contributed by atoms with E-state index in [1.807, 2.05) is 0 Å². The van der Waals surface area contributed by atoms with E-state index in [0.29, 0.717) is 11.5 Å². The van der Waals surface area contributed by atoms with Crippen LogP contribution in [0.1, 0.15) is 49.3 Å². The lowest BCUT2D eigenvalue weighted by Gasteiger charge is -2.10. The molecule has 2 aromatic rings. The number of Topliss-reactive ketones (excluding diaryl/α,β-unsaturated/α-hetero) is 1. The number of carbonyl (C=O) groups excluding carboxylic acids is 1. The van der Waals surface area contributed by atoms with E-state index >= 15 is 0 Å². The van der Waals surface area contributed by atoms with Crippen LogP contribution in [0.2, 0.25) is 0 Å². The van der Waals surface area contributed by atoms with Crippen LogP contribution >= 0.6 is 11.8 Å². The Labute approximate surface area is 134 Å². The maximum Gasteiger partial charge on any atom is 0.191 e.